The van der Waals surface area contributed by atoms with Crippen LogP contribution in [0.4, 0.5) is 0 Å². The molecule has 1 fully saturated rings. The summed E-state index contributed by atoms with van der Waals surface area (Å²) in [6.45, 7) is 9.60. The minimum atomic E-state index is -0.172. The lowest BCUT2D eigenvalue weighted by Gasteiger charge is -2.34. The summed E-state index contributed by atoms with van der Waals surface area (Å²) in [4.78, 5) is 0. The van der Waals surface area contributed by atoms with Crippen molar-refractivity contribution in [3.05, 3.63) is 0 Å². The molecule has 0 bridgehead atoms. The molecule has 0 unspecified atom stereocenters. The molecule has 0 aromatic rings. The van der Waals surface area contributed by atoms with Crippen LogP contribution in [0.5, 0.6) is 0 Å². The summed E-state index contributed by atoms with van der Waals surface area (Å²) in [5.41, 5.74) is 0.353. The van der Waals surface area contributed by atoms with Crippen LogP contribution in [0.25, 0.3) is 0 Å². The highest BCUT2D eigenvalue weighted by Gasteiger charge is 2.27. The molecule has 1 aliphatic rings. The number of nitriles is 1. The van der Waals surface area contributed by atoms with Gasteiger partial charge in [0.25, 0.3) is 0 Å². The maximum Gasteiger partial charge on any atom is 0.0683 e. The van der Waals surface area contributed by atoms with Crippen LogP contribution in [-0.4, -0.2) is 12.7 Å². The van der Waals surface area contributed by atoms with Crippen molar-refractivity contribution in [2.45, 2.75) is 78.7 Å². The van der Waals surface area contributed by atoms with Crippen molar-refractivity contribution in [2.75, 3.05) is 6.61 Å². The molecule has 1 rings (SSSR count). The lowest BCUT2D eigenvalue weighted by Crippen LogP contribution is -2.26. The Labute approximate surface area is 113 Å². The normalized spacial score (nSPS) is 20.6. The van der Waals surface area contributed by atoms with Crippen LogP contribution >= 0.6 is 0 Å². The van der Waals surface area contributed by atoms with E-state index in [1.54, 1.807) is 0 Å². The van der Waals surface area contributed by atoms with Gasteiger partial charge < -0.3 is 4.74 Å². The second-order valence-corrected chi connectivity index (χ2v) is 7.19. The summed E-state index contributed by atoms with van der Waals surface area (Å²) < 4.78 is 5.94. The molecular formula is C16H29NO. The van der Waals surface area contributed by atoms with Crippen molar-refractivity contribution in [3.63, 3.8) is 0 Å². The van der Waals surface area contributed by atoms with Crippen LogP contribution in [0.15, 0.2) is 0 Å². The van der Waals surface area contributed by atoms with Crippen LogP contribution in [0.3, 0.4) is 0 Å². The average Bonchev–Trinajstić information content (AvgIpc) is 2.30. The zero-order valence-corrected chi connectivity index (χ0v) is 12.6. The number of nitrogens with zero attached hydrogens (tertiary/aromatic N) is 1. The van der Waals surface area contributed by atoms with Gasteiger partial charge in [0.15, 0.2) is 0 Å². The van der Waals surface area contributed by atoms with Crippen LogP contribution < -0.4 is 0 Å². The molecule has 0 radical (unpaired) electrons. The van der Waals surface area contributed by atoms with Gasteiger partial charge in [0.1, 0.15) is 0 Å². The van der Waals surface area contributed by atoms with Crippen molar-refractivity contribution >= 4 is 0 Å². The second kappa shape index (κ2) is 6.57. The van der Waals surface area contributed by atoms with Crippen LogP contribution in [0.2, 0.25) is 0 Å². The smallest absolute Gasteiger partial charge is 0.0683 e. The molecule has 0 spiro atoms. The van der Waals surface area contributed by atoms with Gasteiger partial charge in [0.05, 0.1) is 17.6 Å². The van der Waals surface area contributed by atoms with E-state index in [0.717, 1.165) is 25.9 Å². The van der Waals surface area contributed by atoms with E-state index in [1.807, 2.05) is 13.8 Å². The van der Waals surface area contributed by atoms with Gasteiger partial charge in [-0.3, -0.25) is 0 Å². The van der Waals surface area contributed by atoms with Crippen LogP contribution in [0, 0.1) is 22.2 Å². The number of rotatable bonds is 6. The van der Waals surface area contributed by atoms with Crippen molar-refractivity contribution in [3.8, 4) is 6.07 Å². The highest BCUT2D eigenvalue weighted by Crippen LogP contribution is 2.36. The molecular weight excluding hydrogens is 222 g/mol. The van der Waals surface area contributed by atoms with Gasteiger partial charge in [-0.2, -0.15) is 5.26 Å². The molecule has 0 aliphatic heterocycles. The highest BCUT2D eigenvalue weighted by atomic mass is 16.5. The van der Waals surface area contributed by atoms with E-state index < -0.39 is 0 Å². The largest absolute Gasteiger partial charge is 0.378 e. The zero-order chi connectivity index (χ0) is 13.6. The third kappa shape index (κ3) is 5.87. The molecule has 2 heteroatoms. The number of hydrogen-bond donors (Lipinski definition) is 0. The van der Waals surface area contributed by atoms with E-state index in [9.17, 15) is 0 Å². The minimum Gasteiger partial charge on any atom is -0.378 e. The fourth-order valence-electron chi connectivity index (χ4n) is 2.51. The molecule has 104 valence electrons. The summed E-state index contributed by atoms with van der Waals surface area (Å²) >= 11 is 0. The number of unbranched alkanes of at least 4 members (excludes halogenated alkanes) is 1. The first-order chi connectivity index (χ1) is 8.35. The summed E-state index contributed by atoms with van der Waals surface area (Å²) in [6, 6.07) is 2.35. The SMILES string of the molecule is CC(C)(C#N)CCCCOC1CCC(C)(C)CC1. The average molecular weight is 251 g/mol. The lowest BCUT2D eigenvalue weighted by molar-refractivity contribution is 0.00236. The van der Waals surface area contributed by atoms with Crippen molar-refractivity contribution in [2.24, 2.45) is 10.8 Å². The Morgan fingerprint density at radius 3 is 2.39 bits per heavy atom. The predicted molar refractivity (Wildman–Crippen MR) is 75.2 cm³/mol. The quantitative estimate of drug-likeness (QED) is 0.641. The maximum atomic E-state index is 8.92. The predicted octanol–water partition coefficient (Wildman–Crippen LogP) is 4.69. The first-order valence-corrected chi connectivity index (χ1v) is 7.38. The Morgan fingerprint density at radius 2 is 1.83 bits per heavy atom. The molecule has 1 aliphatic carbocycles. The first kappa shape index (κ1) is 15.5. The molecule has 0 heterocycles. The Kier molecular flexibility index (Phi) is 5.66. The molecule has 1 saturated carbocycles. The Morgan fingerprint density at radius 1 is 1.22 bits per heavy atom. The molecule has 18 heavy (non-hydrogen) atoms. The summed E-state index contributed by atoms with van der Waals surface area (Å²) in [5, 5.41) is 8.92. The van der Waals surface area contributed by atoms with Gasteiger partial charge >= 0.3 is 0 Å². The summed E-state index contributed by atoms with van der Waals surface area (Å²) in [7, 11) is 0. The third-order valence-corrected chi connectivity index (χ3v) is 4.14. The fraction of sp³-hybridized carbons (Fsp3) is 0.938. The molecule has 2 nitrogen and oxygen atoms in total. The lowest BCUT2D eigenvalue weighted by atomic mass is 9.76. The van der Waals surface area contributed by atoms with E-state index in [0.29, 0.717) is 11.5 Å². The van der Waals surface area contributed by atoms with E-state index in [-0.39, 0.29) is 5.41 Å². The number of ether oxygens (including phenoxy) is 1. The van der Waals surface area contributed by atoms with Gasteiger partial charge in [-0.15, -0.1) is 0 Å². The van der Waals surface area contributed by atoms with Gasteiger partial charge in [0, 0.05) is 6.61 Å². The molecule has 0 aromatic heterocycles. The van der Waals surface area contributed by atoms with Crippen LogP contribution in [-0.2, 0) is 4.74 Å². The molecule has 0 atom stereocenters. The summed E-state index contributed by atoms with van der Waals surface area (Å²) in [6.07, 6.45) is 8.67. The van der Waals surface area contributed by atoms with Gasteiger partial charge in [-0.25, -0.2) is 0 Å². The Hall–Kier alpha value is -0.550. The van der Waals surface area contributed by atoms with E-state index in [4.69, 9.17) is 10.00 Å². The second-order valence-electron chi connectivity index (χ2n) is 7.19. The van der Waals surface area contributed by atoms with E-state index >= 15 is 0 Å². The molecule has 0 amide bonds. The molecule has 0 aromatic carbocycles. The monoisotopic (exact) mass is 251 g/mol. The van der Waals surface area contributed by atoms with Crippen molar-refractivity contribution in [1.82, 2.24) is 0 Å². The molecule has 0 N–H and O–H groups in total. The maximum absolute atomic E-state index is 8.92. The standard InChI is InChI=1S/C16H29NO/c1-15(2)10-7-14(8-11-15)18-12-6-5-9-16(3,4)13-17/h14H,5-12H2,1-4H3. The van der Waals surface area contributed by atoms with Crippen molar-refractivity contribution < 1.29 is 4.74 Å². The number of hydrogen-bond acceptors (Lipinski definition) is 2. The van der Waals surface area contributed by atoms with E-state index in [2.05, 4.69) is 19.9 Å². The third-order valence-electron chi connectivity index (χ3n) is 4.14. The van der Waals surface area contributed by atoms with Crippen molar-refractivity contribution in [1.29, 1.82) is 5.26 Å². The van der Waals surface area contributed by atoms with Gasteiger partial charge in [0.2, 0.25) is 0 Å². The summed E-state index contributed by atoms with van der Waals surface area (Å²) in [5.74, 6) is 0. The van der Waals surface area contributed by atoms with E-state index in [1.165, 1.54) is 25.7 Å². The van der Waals surface area contributed by atoms with Crippen LogP contribution in [0.1, 0.15) is 72.6 Å². The minimum absolute atomic E-state index is 0.172. The van der Waals surface area contributed by atoms with Gasteiger partial charge in [-0.05, 0) is 64.2 Å². The van der Waals surface area contributed by atoms with Gasteiger partial charge in [-0.1, -0.05) is 13.8 Å². The topological polar surface area (TPSA) is 33.0 Å². The fourth-order valence-corrected chi connectivity index (χ4v) is 2.51. The first-order valence-electron chi connectivity index (χ1n) is 7.38. The zero-order valence-electron chi connectivity index (χ0n) is 12.6. The molecule has 0 saturated heterocycles. The Balaban J connectivity index is 2.04. The Bertz CT molecular complexity index is 278. The highest BCUT2D eigenvalue weighted by molar-refractivity contribution is 4.91.